The smallest absolute Gasteiger partial charge is 0.322 e. The standard InChI is InChI=1S/C28H43N7O2/c1-4-19(5-2)16-30-24(28(36)37)17-31-26-22(6-3)27(33-18-32-26)35-14-11-20(12-15-35)23-10-9-21-8-7-13-29-25(21)34-23/h9-10,18-20,24,30H,4-8,11-17H2,1-3H3,(H,29,34)(H,36,37)(H,31,32,33)/t24-/m0/s1. The van der Waals surface area contributed by atoms with Crippen molar-refractivity contribution in [3.63, 3.8) is 0 Å². The lowest BCUT2D eigenvalue weighted by Gasteiger charge is -2.34. The van der Waals surface area contributed by atoms with Crippen molar-refractivity contribution in [2.45, 2.75) is 77.7 Å². The van der Waals surface area contributed by atoms with Crippen LogP contribution in [0.15, 0.2) is 18.5 Å². The van der Waals surface area contributed by atoms with E-state index < -0.39 is 12.0 Å². The van der Waals surface area contributed by atoms with E-state index in [0.717, 1.165) is 81.2 Å². The number of piperidine rings is 1. The van der Waals surface area contributed by atoms with Crippen LogP contribution >= 0.6 is 0 Å². The number of fused-ring (bicyclic) bond motifs is 1. The van der Waals surface area contributed by atoms with Gasteiger partial charge < -0.3 is 26.0 Å². The normalized spacial score (nSPS) is 16.8. The molecule has 0 aromatic carbocycles. The van der Waals surface area contributed by atoms with Crippen LogP contribution in [-0.4, -0.2) is 64.8 Å². The first-order valence-corrected chi connectivity index (χ1v) is 14.1. The van der Waals surface area contributed by atoms with Crippen LogP contribution in [0.2, 0.25) is 0 Å². The molecule has 0 amide bonds. The lowest BCUT2D eigenvalue weighted by atomic mass is 9.92. The number of aryl methyl sites for hydroxylation is 1. The summed E-state index contributed by atoms with van der Waals surface area (Å²) in [5, 5.41) is 19.7. The van der Waals surface area contributed by atoms with Gasteiger partial charge >= 0.3 is 5.97 Å². The summed E-state index contributed by atoms with van der Waals surface area (Å²) in [4.78, 5) is 28.3. The Hall–Kier alpha value is -2.94. The topological polar surface area (TPSA) is 115 Å². The molecule has 2 aromatic rings. The monoisotopic (exact) mass is 509 g/mol. The van der Waals surface area contributed by atoms with Crippen LogP contribution in [0.4, 0.5) is 17.5 Å². The molecule has 2 aromatic heterocycles. The highest BCUT2D eigenvalue weighted by molar-refractivity contribution is 5.74. The number of carbonyl (C=O) groups is 1. The van der Waals surface area contributed by atoms with Gasteiger partial charge in [-0.05, 0) is 56.2 Å². The minimum Gasteiger partial charge on any atom is -0.480 e. The van der Waals surface area contributed by atoms with Gasteiger partial charge in [-0.1, -0.05) is 39.7 Å². The number of nitrogens with one attached hydrogen (secondary N) is 3. The van der Waals surface area contributed by atoms with E-state index in [1.54, 1.807) is 6.33 Å². The van der Waals surface area contributed by atoms with E-state index >= 15 is 0 Å². The van der Waals surface area contributed by atoms with Crippen molar-refractivity contribution < 1.29 is 9.90 Å². The molecule has 0 saturated carbocycles. The maximum absolute atomic E-state index is 11.9. The Labute approximate surface area is 220 Å². The average Bonchev–Trinajstić information content (AvgIpc) is 2.94. The highest BCUT2D eigenvalue weighted by Gasteiger charge is 2.26. The summed E-state index contributed by atoms with van der Waals surface area (Å²) in [6.07, 6.45) is 8.78. The molecule has 0 bridgehead atoms. The summed E-state index contributed by atoms with van der Waals surface area (Å²) in [6, 6.07) is 3.79. The molecule has 0 aliphatic carbocycles. The van der Waals surface area contributed by atoms with E-state index in [1.165, 1.54) is 17.7 Å². The molecule has 9 heteroatoms. The maximum Gasteiger partial charge on any atom is 0.322 e. The first-order chi connectivity index (χ1) is 18.0. The number of aromatic nitrogens is 3. The number of carboxylic acid groups (broad SMARTS) is 1. The van der Waals surface area contributed by atoms with Crippen molar-refractivity contribution in [2.75, 3.05) is 48.3 Å². The summed E-state index contributed by atoms with van der Waals surface area (Å²) in [5.41, 5.74) is 3.56. The lowest BCUT2D eigenvalue weighted by molar-refractivity contribution is -0.139. The fourth-order valence-electron chi connectivity index (χ4n) is 5.44. The molecule has 1 fully saturated rings. The number of aliphatic carboxylic acids is 1. The summed E-state index contributed by atoms with van der Waals surface area (Å²) in [6.45, 7) is 10.2. The van der Waals surface area contributed by atoms with Crippen molar-refractivity contribution in [1.29, 1.82) is 0 Å². The highest BCUT2D eigenvalue weighted by Crippen LogP contribution is 2.33. The second kappa shape index (κ2) is 13.0. The van der Waals surface area contributed by atoms with Crippen molar-refractivity contribution in [2.24, 2.45) is 5.92 Å². The van der Waals surface area contributed by atoms with Crippen molar-refractivity contribution >= 4 is 23.4 Å². The number of rotatable bonds is 12. The summed E-state index contributed by atoms with van der Waals surface area (Å²) in [5.74, 6) is 2.84. The van der Waals surface area contributed by atoms with Crippen LogP contribution in [0, 0.1) is 5.92 Å². The summed E-state index contributed by atoms with van der Waals surface area (Å²) in [7, 11) is 0. The summed E-state index contributed by atoms with van der Waals surface area (Å²) >= 11 is 0. The summed E-state index contributed by atoms with van der Waals surface area (Å²) < 4.78 is 0. The number of hydrogen-bond acceptors (Lipinski definition) is 8. The molecule has 1 saturated heterocycles. The molecule has 1 atom stereocenters. The Morgan fingerprint density at radius 1 is 1.16 bits per heavy atom. The molecule has 4 heterocycles. The second-order valence-electron chi connectivity index (χ2n) is 10.3. The number of carboxylic acids is 1. The first-order valence-electron chi connectivity index (χ1n) is 14.1. The van der Waals surface area contributed by atoms with Gasteiger partial charge in [-0.15, -0.1) is 0 Å². The number of nitrogens with zero attached hydrogens (tertiary/aromatic N) is 4. The zero-order valence-electron chi connectivity index (χ0n) is 22.6. The number of hydrogen-bond donors (Lipinski definition) is 4. The lowest BCUT2D eigenvalue weighted by Crippen LogP contribution is -2.44. The Bertz CT molecular complexity index is 1040. The van der Waals surface area contributed by atoms with Gasteiger partial charge in [-0.3, -0.25) is 4.79 Å². The molecule has 37 heavy (non-hydrogen) atoms. The third-order valence-corrected chi connectivity index (χ3v) is 7.98. The number of pyridine rings is 1. The van der Waals surface area contributed by atoms with Crippen LogP contribution in [0.25, 0.3) is 0 Å². The van der Waals surface area contributed by atoms with E-state index in [-0.39, 0.29) is 6.54 Å². The zero-order valence-corrected chi connectivity index (χ0v) is 22.6. The predicted octanol–water partition coefficient (Wildman–Crippen LogP) is 4.07. The molecular weight excluding hydrogens is 466 g/mol. The molecule has 0 unspecified atom stereocenters. The molecule has 4 N–H and O–H groups in total. The molecule has 202 valence electrons. The van der Waals surface area contributed by atoms with Gasteiger partial charge in [0.15, 0.2) is 0 Å². The largest absolute Gasteiger partial charge is 0.480 e. The Kier molecular flexibility index (Phi) is 9.55. The third kappa shape index (κ3) is 6.69. The molecule has 0 spiro atoms. The highest BCUT2D eigenvalue weighted by atomic mass is 16.4. The van der Waals surface area contributed by atoms with E-state index in [0.29, 0.717) is 18.4 Å². The second-order valence-corrected chi connectivity index (χ2v) is 10.3. The van der Waals surface area contributed by atoms with Crippen molar-refractivity contribution in [3.05, 3.63) is 35.3 Å². The van der Waals surface area contributed by atoms with E-state index in [1.807, 2.05) is 0 Å². The van der Waals surface area contributed by atoms with Gasteiger partial charge in [0.05, 0.1) is 0 Å². The molecule has 4 rings (SSSR count). The zero-order chi connectivity index (χ0) is 26.2. The Balaban J connectivity index is 1.39. The van der Waals surface area contributed by atoms with Crippen LogP contribution in [0.3, 0.4) is 0 Å². The van der Waals surface area contributed by atoms with Gasteiger partial charge in [0.2, 0.25) is 0 Å². The SMILES string of the molecule is CCc1c(NC[C@H](NCC(CC)CC)C(=O)O)ncnc1N1CCC(c2ccc3c(n2)NCCC3)CC1. The first kappa shape index (κ1) is 27.1. The fraction of sp³-hybridized carbons (Fsp3) is 0.643. The molecule has 2 aliphatic rings. The maximum atomic E-state index is 11.9. The molecule has 9 nitrogen and oxygen atoms in total. The van der Waals surface area contributed by atoms with Gasteiger partial charge in [-0.2, -0.15) is 0 Å². The third-order valence-electron chi connectivity index (χ3n) is 7.98. The van der Waals surface area contributed by atoms with Crippen LogP contribution in [0.1, 0.15) is 75.6 Å². The van der Waals surface area contributed by atoms with E-state index in [9.17, 15) is 9.90 Å². The van der Waals surface area contributed by atoms with Crippen LogP contribution < -0.4 is 20.9 Å². The Morgan fingerprint density at radius 2 is 1.95 bits per heavy atom. The van der Waals surface area contributed by atoms with Crippen LogP contribution in [-0.2, 0) is 17.6 Å². The average molecular weight is 510 g/mol. The fourth-order valence-corrected chi connectivity index (χ4v) is 5.44. The molecular formula is C28H43N7O2. The minimum absolute atomic E-state index is 0.277. The van der Waals surface area contributed by atoms with Crippen molar-refractivity contribution in [1.82, 2.24) is 20.3 Å². The number of anilines is 3. The van der Waals surface area contributed by atoms with Crippen LogP contribution in [0.5, 0.6) is 0 Å². The minimum atomic E-state index is -0.848. The van der Waals surface area contributed by atoms with Gasteiger partial charge in [0, 0.05) is 43.4 Å². The van der Waals surface area contributed by atoms with Gasteiger partial charge in [0.1, 0.15) is 29.8 Å². The van der Waals surface area contributed by atoms with Gasteiger partial charge in [-0.25, -0.2) is 15.0 Å². The molecule has 0 radical (unpaired) electrons. The van der Waals surface area contributed by atoms with E-state index in [2.05, 4.69) is 63.7 Å². The van der Waals surface area contributed by atoms with Crippen molar-refractivity contribution in [3.8, 4) is 0 Å². The molecule has 2 aliphatic heterocycles. The van der Waals surface area contributed by atoms with E-state index in [4.69, 9.17) is 4.98 Å². The quantitative estimate of drug-likeness (QED) is 0.336. The Morgan fingerprint density at radius 3 is 2.65 bits per heavy atom. The van der Waals surface area contributed by atoms with Gasteiger partial charge in [0.25, 0.3) is 0 Å². The predicted molar refractivity (Wildman–Crippen MR) is 149 cm³/mol.